The van der Waals surface area contributed by atoms with Crippen LogP contribution >= 0.6 is 15.9 Å². The first-order chi connectivity index (χ1) is 22.3. The van der Waals surface area contributed by atoms with E-state index in [-0.39, 0.29) is 18.7 Å². The molecular weight excluding hydrogens is 704 g/mol. The lowest BCUT2D eigenvalue weighted by molar-refractivity contribution is -0.131. The van der Waals surface area contributed by atoms with Crippen LogP contribution in [0.4, 0.5) is 16.2 Å². The molecule has 0 saturated carbocycles. The van der Waals surface area contributed by atoms with Gasteiger partial charge in [-0.2, -0.15) is 0 Å². The average Bonchev–Trinajstić information content (AvgIpc) is 3.06. The Balaban J connectivity index is 1.91. The van der Waals surface area contributed by atoms with Crippen molar-refractivity contribution in [3.63, 3.8) is 0 Å². The third-order valence-electron chi connectivity index (χ3n) is 8.27. The maximum Gasteiger partial charge on any atom is 0.407 e. The van der Waals surface area contributed by atoms with E-state index in [0.29, 0.717) is 17.0 Å². The summed E-state index contributed by atoms with van der Waals surface area (Å²) in [6, 6.07) is 12.4. The fraction of sp³-hybridized carbons (Fsp3) is 0.412. The Morgan fingerprint density at radius 3 is 2.31 bits per heavy atom. The molecule has 0 aromatic heterocycles. The molecule has 0 fully saturated rings. The number of methoxy groups -OCH3 is 1. The van der Waals surface area contributed by atoms with E-state index in [2.05, 4.69) is 21.2 Å². The molecule has 14 heteroatoms. The van der Waals surface area contributed by atoms with Crippen LogP contribution in [0, 0.1) is 5.41 Å². The molecule has 3 aromatic rings. The van der Waals surface area contributed by atoms with E-state index in [9.17, 15) is 32.7 Å². The van der Waals surface area contributed by atoms with Crippen molar-refractivity contribution >= 4 is 71.7 Å². The number of anilines is 2. The van der Waals surface area contributed by atoms with Gasteiger partial charge in [-0.1, -0.05) is 61.0 Å². The highest BCUT2D eigenvalue weighted by Crippen LogP contribution is 2.39. The molecule has 0 unspecified atom stereocenters. The first-order valence-electron chi connectivity index (χ1n) is 15.2. The van der Waals surface area contributed by atoms with Gasteiger partial charge in [0.1, 0.15) is 23.6 Å². The third kappa shape index (κ3) is 8.09. The van der Waals surface area contributed by atoms with Crippen LogP contribution in [0.3, 0.4) is 0 Å². The molecule has 1 aliphatic heterocycles. The maximum absolute atomic E-state index is 14.8. The van der Waals surface area contributed by atoms with Crippen molar-refractivity contribution in [1.82, 2.24) is 10.2 Å². The largest absolute Gasteiger partial charge is 0.496 e. The average molecular weight is 746 g/mol. The molecule has 3 atom stereocenters. The number of benzene rings is 3. The molecule has 258 valence electrons. The van der Waals surface area contributed by atoms with E-state index in [0.717, 1.165) is 26.4 Å². The van der Waals surface area contributed by atoms with Crippen molar-refractivity contribution < 1.29 is 37.4 Å². The molecule has 1 heterocycles. The molecule has 12 nitrogen and oxygen atoms in total. The van der Waals surface area contributed by atoms with Crippen LogP contribution in [-0.2, 0) is 30.8 Å². The molecule has 0 aliphatic carbocycles. The zero-order valence-corrected chi connectivity index (χ0v) is 30.4. The standard InChI is InChI=1S/C34H41BrN4O8S/c1-20-30(36-31(41)27(17-34(2,3)4)37(5)33(43)44)32(42)38(18-24-23-14-13-22(35)16-21(23)12-15-28(24)47-6)25-10-8-9-11-26(25)39(20)29(40)19-48(7,45)46/h8-16,20,27,30H,17-19H2,1-7H3,(H,36,41)(H,43,44)/t20-,27-,30-/m0/s1. The highest BCUT2D eigenvalue weighted by Gasteiger charge is 2.44. The van der Waals surface area contributed by atoms with Crippen LogP contribution in [0.2, 0.25) is 0 Å². The van der Waals surface area contributed by atoms with Gasteiger partial charge in [0.15, 0.2) is 9.84 Å². The summed E-state index contributed by atoms with van der Waals surface area (Å²) in [7, 11) is -0.983. The molecule has 0 saturated heterocycles. The number of likely N-dealkylation sites (N-methyl/N-ethyl adjacent to an activating group) is 1. The van der Waals surface area contributed by atoms with Crippen LogP contribution in [0.15, 0.2) is 59.1 Å². The minimum absolute atomic E-state index is 0.0361. The monoisotopic (exact) mass is 744 g/mol. The molecule has 48 heavy (non-hydrogen) atoms. The van der Waals surface area contributed by atoms with Crippen molar-refractivity contribution in [2.45, 2.75) is 58.8 Å². The second-order valence-corrected chi connectivity index (χ2v) is 16.3. The van der Waals surface area contributed by atoms with Crippen LogP contribution in [-0.4, -0.2) is 86.5 Å². The number of para-hydroxylation sites is 2. The fourth-order valence-corrected chi connectivity index (χ4v) is 6.95. The lowest BCUT2D eigenvalue weighted by atomic mass is 9.87. The SMILES string of the molecule is COc1ccc2cc(Br)ccc2c1CN1C(=O)[C@@H](NC(=O)[C@H](CC(C)(C)C)N(C)C(=O)O)[C@H](C)N(C(=O)CS(C)(=O)=O)c2ccccc21. The molecular formula is C34H41BrN4O8S. The van der Waals surface area contributed by atoms with E-state index in [1.807, 2.05) is 45.0 Å². The van der Waals surface area contributed by atoms with Gasteiger partial charge in [0.2, 0.25) is 11.8 Å². The van der Waals surface area contributed by atoms with E-state index in [1.54, 1.807) is 37.3 Å². The normalized spacial score (nSPS) is 17.4. The summed E-state index contributed by atoms with van der Waals surface area (Å²) >= 11 is 3.50. The molecule has 0 bridgehead atoms. The smallest absolute Gasteiger partial charge is 0.407 e. The lowest BCUT2D eigenvalue weighted by Crippen LogP contribution is -2.61. The quantitative estimate of drug-likeness (QED) is 0.316. The summed E-state index contributed by atoms with van der Waals surface area (Å²) in [4.78, 5) is 58.1. The highest BCUT2D eigenvalue weighted by atomic mass is 79.9. The first-order valence-corrected chi connectivity index (χ1v) is 18.1. The number of sulfone groups is 1. The second-order valence-electron chi connectivity index (χ2n) is 13.3. The Morgan fingerprint density at radius 2 is 1.73 bits per heavy atom. The van der Waals surface area contributed by atoms with Crippen molar-refractivity contribution in [3.8, 4) is 5.75 Å². The number of carboxylic acid groups (broad SMARTS) is 1. The van der Waals surface area contributed by atoms with Gasteiger partial charge in [0.25, 0.3) is 5.91 Å². The number of ether oxygens (including phenoxy) is 1. The predicted octanol–water partition coefficient (Wildman–Crippen LogP) is 4.82. The number of amides is 4. The van der Waals surface area contributed by atoms with Crippen molar-refractivity contribution in [1.29, 1.82) is 0 Å². The van der Waals surface area contributed by atoms with E-state index in [4.69, 9.17) is 4.74 Å². The van der Waals surface area contributed by atoms with Crippen molar-refractivity contribution in [3.05, 3.63) is 64.6 Å². The van der Waals surface area contributed by atoms with Crippen molar-refractivity contribution in [2.24, 2.45) is 5.41 Å². The van der Waals surface area contributed by atoms with Crippen LogP contribution in [0.25, 0.3) is 10.8 Å². The van der Waals surface area contributed by atoms with Crippen LogP contribution in [0.5, 0.6) is 5.75 Å². The molecule has 4 rings (SSSR count). The number of nitrogens with zero attached hydrogens (tertiary/aromatic N) is 3. The van der Waals surface area contributed by atoms with E-state index >= 15 is 0 Å². The molecule has 0 spiro atoms. The maximum atomic E-state index is 14.8. The van der Waals surface area contributed by atoms with Gasteiger partial charge in [0.05, 0.1) is 31.1 Å². The summed E-state index contributed by atoms with van der Waals surface area (Å²) in [5, 5.41) is 14.3. The fourth-order valence-electron chi connectivity index (χ4n) is 5.98. The molecule has 3 aromatic carbocycles. The summed E-state index contributed by atoms with van der Waals surface area (Å²) in [5.41, 5.74) is 0.790. The van der Waals surface area contributed by atoms with Gasteiger partial charge in [-0.3, -0.25) is 19.3 Å². The topological polar surface area (TPSA) is 154 Å². The number of nitrogens with one attached hydrogen (secondary N) is 1. The minimum Gasteiger partial charge on any atom is -0.496 e. The number of carbonyl (C=O) groups is 4. The second kappa shape index (κ2) is 14.1. The predicted molar refractivity (Wildman–Crippen MR) is 188 cm³/mol. The summed E-state index contributed by atoms with van der Waals surface area (Å²) < 4.78 is 31.2. The van der Waals surface area contributed by atoms with Gasteiger partial charge in [-0.05, 0) is 59.9 Å². The number of halogens is 1. The number of hydrogen-bond donors (Lipinski definition) is 2. The Kier molecular flexibility index (Phi) is 10.8. The number of carbonyl (C=O) groups excluding carboxylic acids is 3. The third-order valence-corrected chi connectivity index (χ3v) is 9.53. The summed E-state index contributed by atoms with van der Waals surface area (Å²) in [5.74, 6) is -2.42. The lowest BCUT2D eigenvalue weighted by Gasteiger charge is -2.35. The van der Waals surface area contributed by atoms with Gasteiger partial charge >= 0.3 is 6.09 Å². The molecule has 4 amide bonds. The summed E-state index contributed by atoms with van der Waals surface area (Å²) in [6.45, 7) is 7.11. The minimum atomic E-state index is -3.79. The van der Waals surface area contributed by atoms with E-state index in [1.165, 1.54) is 24.0 Å². The van der Waals surface area contributed by atoms with Gasteiger partial charge in [-0.15, -0.1) is 0 Å². The van der Waals surface area contributed by atoms with Crippen molar-refractivity contribution in [2.75, 3.05) is 36.0 Å². The summed E-state index contributed by atoms with van der Waals surface area (Å²) in [6.07, 6.45) is -0.242. The highest BCUT2D eigenvalue weighted by molar-refractivity contribution is 9.10. The zero-order valence-electron chi connectivity index (χ0n) is 28.0. The Labute approximate surface area is 289 Å². The molecule has 2 N–H and O–H groups in total. The number of fused-ring (bicyclic) bond motifs is 2. The van der Waals surface area contributed by atoms with Crippen LogP contribution < -0.4 is 19.9 Å². The van der Waals surface area contributed by atoms with E-state index < -0.39 is 62.9 Å². The number of hydrogen-bond acceptors (Lipinski definition) is 7. The Morgan fingerprint density at radius 1 is 1.08 bits per heavy atom. The number of rotatable bonds is 9. The molecule has 0 radical (unpaired) electrons. The zero-order chi connectivity index (χ0) is 35.7. The molecule has 1 aliphatic rings. The Hall–Kier alpha value is -4.17. The first kappa shape index (κ1) is 36.7. The van der Waals surface area contributed by atoms with Gasteiger partial charge in [-0.25, -0.2) is 13.2 Å². The van der Waals surface area contributed by atoms with Gasteiger partial charge < -0.3 is 25.0 Å². The van der Waals surface area contributed by atoms with Crippen LogP contribution in [0.1, 0.15) is 39.7 Å². The Bertz CT molecular complexity index is 1860. The van der Waals surface area contributed by atoms with Gasteiger partial charge in [0, 0.05) is 23.3 Å².